The van der Waals surface area contributed by atoms with Crippen molar-refractivity contribution in [3.05, 3.63) is 59.8 Å². The molecule has 4 rings (SSSR count). The number of hydrogen-bond acceptors (Lipinski definition) is 7. The Balaban J connectivity index is 1.52. The molecule has 0 unspecified atom stereocenters. The number of nitrogens with zero attached hydrogens (tertiary/aromatic N) is 4. The molecule has 1 N–H and O–H groups in total. The molecular formula is C23H25N5O2. The first-order valence-corrected chi connectivity index (χ1v) is 10.3. The van der Waals surface area contributed by atoms with Gasteiger partial charge in [0.2, 0.25) is 5.95 Å². The third-order valence-electron chi connectivity index (χ3n) is 4.88. The van der Waals surface area contributed by atoms with Crippen LogP contribution in [0.2, 0.25) is 0 Å². The van der Waals surface area contributed by atoms with Gasteiger partial charge in [-0.25, -0.2) is 15.0 Å². The monoisotopic (exact) mass is 403 g/mol. The standard InChI is InChI=1S/C23H25N5O2/c1-3-30-22(29)7-6-18-13-24-14-21(26-18)17-10-15(2)11-19(12-17)27-23-25-9-8-20(28-23)16-4-5-16/h8-14,16H,3-7H2,1-2H3,(H,25,27,28). The van der Waals surface area contributed by atoms with E-state index in [4.69, 9.17) is 4.74 Å². The SMILES string of the molecule is CCOC(=O)CCc1cncc(-c2cc(C)cc(Nc3nccc(C4CC4)n3)c2)n1. The minimum atomic E-state index is -0.222. The molecule has 0 spiro atoms. The maximum absolute atomic E-state index is 11.6. The number of ether oxygens (including phenoxy) is 1. The summed E-state index contributed by atoms with van der Waals surface area (Å²) in [6, 6.07) is 8.11. The zero-order chi connectivity index (χ0) is 20.9. The Labute approximate surface area is 176 Å². The highest BCUT2D eigenvalue weighted by Gasteiger charge is 2.25. The summed E-state index contributed by atoms with van der Waals surface area (Å²) in [6.45, 7) is 4.22. The number of carbonyl (C=O) groups is 1. The van der Waals surface area contributed by atoms with Gasteiger partial charge in [0.05, 0.1) is 30.6 Å². The molecule has 1 fully saturated rings. The second-order valence-corrected chi connectivity index (χ2v) is 7.49. The Morgan fingerprint density at radius 1 is 1.20 bits per heavy atom. The molecule has 1 aliphatic rings. The largest absolute Gasteiger partial charge is 0.466 e. The molecule has 7 nitrogen and oxygen atoms in total. The molecule has 1 saturated carbocycles. The van der Waals surface area contributed by atoms with E-state index in [1.807, 2.05) is 19.1 Å². The van der Waals surface area contributed by atoms with Crippen LogP contribution in [0, 0.1) is 6.92 Å². The van der Waals surface area contributed by atoms with Gasteiger partial charge in [-0.15, -0.1) is 0 Å². The van der Waals surface area contributed by atoms with Crippen LogP contribution in [-0.2, 0) is 16.0 Å². The normalized spacial score (nSPS) is 13.1. The van der Waals surface area contributed by atoms with E-state index in [-0.39, 0.29) is 5.97 Å². The molecule has 0 amide bonds. The number of benzene rings is 1. The van der Waals surface area contributed by atoms with Gasteiger partial charge in [-0.3, -0.25) is 9.78 Å². The van der Waals surface area contributed by atoms with E-state index >= 15 is 0 Å². The van der Waals surface area contributed by atoms with Crippen molar-refractivity contribution in [2.75, 3.05) is 11.9 Å². The summed E-state index contributed by atoms with van der Waals surface area (Å²) < 4.78 is 4.99. The molecule has 0 aliphatic heterocycles. The van der Waals surface area contributed by atoms with Gasteiger partial charge in [0.15, 0.2) is 0 Å². The molecule has 1 aromatic carbocycles. The molecule has 2 aromatic heterocycles. The fraction of sp³-hybridized carbons (Fsp3) is 0.348. The fourth-order valence-electron chi connectivity index (χ4n) is 3.30. The van der Waals surface area contributed by atoms with Crippen molar-refractivity contribution in [2.24, 2.45) is 0 Å². The third-order valence-corrected chi connectivity index (χ3v) is 4.88. The van der Waals surface area contributed by atoms with E-state index in [1.54, 1.807) is 25.5 Å². The van der Waals surface area contributed by atoms with Crippen LogP contribution in [0.1, 0.15) is 49.1 Å². The Hall–Kier alpha value is -3.35. The van der Waals surface area contributed by atoms with E-state index < -0.39 is 0 Å². The minimum absolute atomic E-state index is 0.222. The highest BCUT2D eigenvalue weighted by molar-refractivity contribution is 5.70. The van der Waals surface area contributed by atoms with E-state index in [0.29, 0.717) is 31.3 Å². The summed E-state index contributed by atoms with van der Waals surface area (Å²) in [7, 11) is 0. The quantitative estimate of drug-likeness (QED) is 0.559. The minimum Gasteiger partial charge on any atom is -0.466 e. The van der Waals surface area contributed by atoms with Crippen molar-refractivity contribution >= 4 is 17.6 Å². The Kier molecular flexibility index (Phi) is 5.97. The lowest BCUT2D eigenvalue weighted by Gasteiger charge is -2.10. The average Bonchev–Trinajstić information content (AvgIpc) is 3.58. The lowest BCUT2D eigenvalue weighted by atomic mass is 10.1. The number of hydrogen-bond donors (Lipinski definition) is 1. The zero-order valence-corrected chi connectivity index (χ0v) is 17.3. The second kappa shape index (κ2) is 8.98. The maximum Gasteiger partial charge on any atom is 0.306 e. The van der Waals surface area contributed by atoms with Crippen molar-refractivity contribution < 1.29 is 9.53 Å². The maximum atomic E-state index is 11.6. The molecule has 0 saturated heterocycles. The van der Waals surface area contributed by atoms with Crippen molar-refractivity contribution in [2.45, 2.75) is 45.4 Å². The number of aryl methyl sites for hydroxylation is 2. The van der Waals surface area contributed by atoms with Crippen LogP contribution in [0.3, 0.4) is 0 Å². The van der Waals surface area contributed by atoms with Crippen molar-refractivity contribution in [3.63, 3.8) is 0 Å². The third kappa shape index (κ3) is 5.17. The molecule has 30 heavy (non-hydrogen) atoms. The lowest BCUT2D eigenvalue weighted by Crippen LogP contribution is -2.06. The van der Waals surface area contributed by atoms with Crippen molar-refractivity contribution in [3.8, 4) is 11.3 Å². The van der Waals surface area contributed by atoms with Gasteiger partial charge >= 0.3 is 5.97 Å². The number of nitrogens with one attached hydrogen (secondary N) is 1. The average molecular weight is 403 g/mol. The predicted molar refractivity (Wildman–Crippen MR) is 114 cm³/mol. The lowest BCUT2D eigenvalue weighted by molar-refractivity contribution is -0.143. The molecule has 1 aliphatic carbocycles. The number of esters is 1. The summed E-state index contributed by atoms with van der Waals surface area (Å²) in [5.74, 6) is 0.958. The predicted octanol–water partition coefficient (Wildman–Crippen LogP) is 4.36. The van der Waals surface area contributed by atoms with Crippen LogP contribution in [0.5, 0.6) is 0 Å². The van der Waals surface area contributed by atoms with E-state index in [9.17, 15) is 4.79 Å². The highest BCUT2D eigenvalue weighted by atomic mass is 16.5. The number of carbonyl (C=O) groups excluding carboxylic acids is 1. The van der Waals surface area contributed by atoms with Gasteiger partial charge in [-0.1, -0.05) is 0 Å². The van der Waals surface area contributed by atoms with Crippen LogP contribution in [0.25, 0.3) is 11.3 Å². The first-order valence-electron chi connectivity index (χ1n) is 10.3. The molecule has 7 heteroatoms. The number of rotatable bonds is 8. The summed E-state index contributed by atoms with van der Waals surface area (Å²) >= 11 is 0. The van der Waals surface area contributed by atoms with E-state index in [0.717, 1.165) is 33.9 Å². The summed E-state index contributed by atoms with van der Waals surface area (Å²) in [5.41, 5.74) is 5.55. The Bertz CT molecular complexity index is 1050. The second-order valence-electron chi connectivity index (χ2n) is 7.49. The van der Waals surface area contributed by atoms with Gasteiger partial charge in [-0.2, -0.15) is 0 Å². The van der Waals surface area contributed by atoms with Gasteiger partial charge in [0.25, 0.3) is 0 Å². The molecule has 2 heterocycles. The summed E-state index contributed by atoms with van der Waals surface area (Å²) in [6.07, 6.45) is 8.43. The molecular weight excluding hydrogens is 378 g/mol. The van der Waals surface area contributed by atoms with Crippen LogP contribution < -0.4 is 5.32 Å². The Morgan fingerprint density at radius 3 is 2.87 bits per heavy atom. The molecule has 0 atom stereocenters. The van der Waals surface area contributed by atoms with Crippen LogP contribution in [0.15, 0.2) is 42.9 Å². The topological polar surface area (TPSA) is 89.9 Å². The first-order chi connectivity index (χ1) is 14.6. The van der Waals surface area contributed by atoms with E-state index in [1.165, 1.54) is 12.8 Å². The van der Waals surface area contributed by atoms with Gasteiger partial charge in [0.1, 0.15) is 0 Å². The van der Waals surface area contributed by atoms with Gasteiger partial charge < -0.3 is 10.1 Å². The van der Waals surface area contributed by atoms with E-state index in [2.05, 4.69) is 37.4 Å². The fourth-order valence-corrected chi connectivity index (χ4v) is 3.30. The van der Waals surface area contributed by atoms with Crippen LogP contribution >= 0.6 is 0 Å². The number of anilines is 2. The number of aromatic nitrogens is 4. The molecule has 3 aromatic rings. The molecule has 0 radical (unpaired) electrons. The van der Waals surface area contributed by atoms with Gasteiger partial charge in [0, 0.05) is 41.7 Å². The van der Waals surface area contributed by atoms with Crippen molar-refractivity contribution in [1.29, 1.82) is 0 Å². The zero-order valence-electron chi connectivity index (χ0n) is 17.3. The molecule has 154 valence electrons. The first kappa shape index (κ1) is 19.9. The van der Waals surface area contributed by atoms with Crippen LogP contribution in [-0.4, -0.2) is 32.5 Å². The van der Waals surface area contributed by atoms with Crippen LogP contribution in [0.4, 0.5) is 11.6 Å². The molecule has 0 bridgehead atoms. The Morgan fingerprint density at radius 2 is 2.07 bits per heavy atom. The smallest absolute Gasteiger partial charge is 0.306 e. The summed E-state index contributed by atoms with van der Waals surface area (Å²) in [5, 5.41) is 3.32. The highest BCUT2D eigenvalue weighted by Crippen LogP contribution is 2.39. The van der Waals surface area contributed by atoms with Gasteiger partial charge in [-0.05, 0) is 56.5 Å². The van der Waals surface area contributed by atoms with Crippen molar-refractivity contribution in [1.82, 2.24) is 19.9 Å². The summed E-state index contributed by atoms with van der Waals surface area (Å²) in [4.78, 5) is 29.6.